The van der Waals surface area contributed by atoms with Crippen molar-refractivity contribution < 1.29 is 53.7 Å². The third-order valence-electron chi connectivity index (χ3n) is 9.03. The van der Waals surface area contributed by atoms with E-state index in [1.165, 1.54) is 38.1 Å². The van der Waals surface area contributed by atoms with Gasteiger partial charge in [0, 0.05) is 19.4 Å². The highest BCUT2D eigenvalue weighted by Crippen LogP contribution is 2.13. The second-order valence-corrected chi connectivity index (χ2v) is 15.3. The molecule has 1 rings (SSSR count). The predicted octanol–water partition coefficient (Wildman–Crippen LogP) is -3.32. The van der Waals surface area contributed by atoms with Crippen molar-refractivity contribution in [2.45, 2.75) is 128 Å². The molecule has 7 amide bonds. The van der Waals surface area contributed by atoms with E-state index in [1.807, 2.05) is 0 Å². The number of carboxylic acid groups (broad SMARTS) is 1. The fourth-order valence-corrected chi connectivity index (χ4v) is 5.60. The molecule has 1 aromatic carbocycles. The number of nitrogens with two attached hydrogens (primary N) is 4. The number of carbonyl (C=O) groups is 8. The minimum atomic E-state index is -1.69. The largest absolute Gasteiger partial charge is 0.508 e. The van der Waals surface area contributed by atoms with Crippen LogP contribution in [0.3, 0.4) is 0 Å². The lowest BCUT2D eigenvalue weighted by Gasteiger charge is -2.29. The molecule has 0 saturated heterocycles. The molecule has 0 spiro atoms. The standard InChI is InChI=1S/C38H63N11O11/c1-18(2)16-26(34(57)44-20(5)31(40)54)47-33(56)25(13-14-28(52)53)45-36(59)29(19(3)4)48-37(60)30(21(6)50)49-35(58)27(17-22-9-11-23(51)12-10-22)46-32(55)24(39)8-7-15-43-38(41)42/h9-12,18-21,24-27,29-30,50-51H,7-8,13-17,39H2,1-6H3,(H2,40,54)(H,44,57)(H,45,59)(H,46,55)(H,47,56)(H,48,60)(H,49,58)(H,52,53)(H4,41,42,43)/t20-,21+,24-,25-,26-,27-,29-,30-/m1/s1. The zero-order chi connectivity index (χ0) is 45.9. The fraction of sp³-hybridized carbons (Fsp3) is 0.605. The van der Waals surface area contributed by atoms with Gasteiger partial charge in [0.25, 0.3) is 0 Å². The molecule has 0 unspecified atom stereocenters. The summed E-state index contributed by atoms with van der Waals surface area (Å²) < 4.78 is 0. The number of nitrogens with one attached hydrogen (secondary N) is 6. The first-order chi connectivity index (χ1) is 27.9. The quantitative estimate of drug-likeness (QED) is 0.0247. The van der Waals surface area contributed by atoms with Gasteiger partial charge in [-0.3, -0.25) is 43.3 Å². The number of phenols is 1. The minimum absolute atomic E-state index is 0.0514. The van der Waals surface area contributed by atoms with Gasteiger partial charge in [-0.05, 0) is 69.1 Å². The minimum Gasteiger partial charge on any atom is -0.508 e. The third kappa shape index (κ3) is 19.1. The molecular formula is C38H63N11O11. The third-order valence-corrected chi connectivity index (χ3v) is 9.03. The van der Waals surface area contributed by atoms with Crippen LogP contribution in [-0.4, -0.2) is 124 Å². The molecule has 0 heterocycles. The maximum Gasteiger partial charge on any atom is 0.303 e. The number of rotatable bonds is 26. The van der Waals surface area contributed by atoms with Gasteiger partial charge in [-0.1, -0.05) is 39.8 Å². The van der Waals surface area contributed by atoms with Crippen molar-refractivity contribution in [1.29, 1.82) is 0 Å². The lowest BCUT2D eigenvalue weighted by Crippen LogP contribution is -2.62. The zero-order valence-corrected chi connectivity index (χ0v) is 34.9. The molecule has 0 bridgehead atoms. The average molecular weight is 850 g/mol. The molecule has 22 heteroatoms. The summed E-state index contributed by atoms with van der Waals surface area (Å²) in [4.78, 5) is 108. The van der Waals surface area contributed by atoms with E-state index in [9.17, 15) is 53.7 Å². The van der Waals surface area contributed by atoms with E-state index < -0.39 is 114 Å². The molecule has 22 nitrogen and oxygen atoms in total. The number of guanidine groups is 1. The number of aliphatic hydroxyl groups is 1. The van der Waals surface area contributed by atoms with E-state index in [0.717, 1.165) is 0 Å². The molecular weight excluding hydrogens is 786 g/mol. The van der Waals surface area contributed by atoms with Crippen molar-refractivity contribution in [1.82, 2.24) is 31.9 Å². The average Bonchev–Trinajstić information content (AvgIpc) is 3.15. The number of nitrogens with zero attached hydrogens (tertiary/aromatic N) is 1. The van der Waals surface area contributed by atoms with Crippen LogP contribution >= 0.6 is 0 Å². The van der Waals surface area contributed by atoms with E-state index in [0.29, 0.717) is 12.0 Å². The van der Waals surface area contributed by atoms with Crippen LogP contribution in [0.4, 0.5) is 0 Å². The van der Waals surface area contributed by atoms with Crippen LogP contribution in [0.5, 0.6) is 5.75 Å². The van der Waals surface area contributed by atoms with Gasteiger partial charge in [0.2, 0.25) is 41.4 Å². The molecule has 336 valence electrons. The van der Waals surface area contributed by atoms with Crippen LogP contribution in [0, 0.1) is 11.8 Å². The van der Waals surface area contributed by atoms with Crippen molar-refractivity contribution in [3.8, 4) is 5.75 Å². The highest BCUT2D eigenvalue weighted by molar-refractivity contribution is 5.97. The van der Waals surface area contributed by atoms with E-state index in [-0.39, 0.29) is 43.4 Å². The molecule has 0 aliphatic rings. The molecule has 17 N–H and O–H groups in total. The van der Waals surface area contributed by atoms with Gasteiger partial charge in [0.1, 0.15) is 42.0 Å². The Morgan fingerprint density at radius 2 is 1.18 bits per heavy atom. The Hall–Kier alpha value is -6.03. The Morgan fingerprint density at radius 3 is 1.70 bits per heavy atom. The Bertz CT molecular complexity index is 1670. The number of aliphatic carboxylic acids is 1. The summed E-state index contributed by atoms with van der Waals surface area (Å²) in [6, 6.07) is -3.56. The Balaban J connectivity index is 3.31. The molecule has 0 radical (unpaired) electrons. The lowest BCUT2D eigenvalue weighted by molar-refractivity contribution is -0.139. The maximum atomic E-state index is 13.7. The number of carboxylic acids is 1. The molecule has 0 aromatic heterocycles. The lowest BCUT2D eigenvalue weighted by atomic mass is 9.99. The van der Waals surface area contributed by atoms with E-state index in [4.69, 9.17) is 22.9 Å². The molecule has 8 atom stereocenters. The van der Waals surface area contributed by atoms with Crippen molar-refractivity contribution >= 4 is 53.3 Å². The number of amides is 7. The van der Waals surface area contributed by atoms with Crippen molar-refractivity contribution in [3.63, 3.8) is 0 Å². The number of phenolic OH excluding ortho intramolecular Hbond substituents is 1. The number of aliphatic imine (C=N–C) groups is 1. The highest BCUT2D eigenvalue weighted by atomic mass is 16.4. The number of aliphatic hydroxyl groups excluding tert-OH is 1. The first-order valence-corrected chi connectivity index (χ1v) is 19.5. The van der Waals surface area contributed by atoms with Crippen molar-refractivity contribution in [3.05, 3.63) is 29.8 Å². The summed E-state index contributed by atoms with van der Waals surface area (Å²) in [6.45, 7) is 9.41. The van der Waals surface area contributed by atoms with Gasteiger partial charge in [-0.25, -0.2) is 0 Å². The van der Waals surface area contributed by atoms with Gasteiger partial charge in [-0.2, -0.15) is 0 Å². The van der Waals surface area contributed by atoms with Gasteiger partial charge in [0.05, 0.1) is 12.1 Å². The van der Waals surface area contributed by atoms with Crippen LogP contribution < -0.4 is 54.8 Å². The van der Waals surface area contributed by atoms with E-state index in [1.54, 1.807) is 27.7 Å². The van der Waals surface area contributed by atoms with Crippen LogP contribution in [0.25, 0.3) is 0 Å². The van der Waals surface area contributed by atoms with Crippen LogP contribution in [0.2, 0.25) is 0 Å². The molecule has 0 fully saturated rings. The number of hydrogen-bond donors (Lipinski definition) is 13. The SMILES string of the molecule is CC(C)C[C@@H](NC(=O)[C@@H](CCC(=O)O)NC(=O)[C@H](NC(=O)[C@H](NC(=O)[C@@H](Cc1ccc(O)cc1)NC(=O)[C@H](N)CCCN=C(N)N)[C@H](C)O)C(C)C)C(=O)N[C@H](C)C(N)=O. The molecule has 60 heavy (non-hydrogen) atoms. The molecule has 0 aliphatic carbocycles. The number of primary amides is 1. The van der Waals surface area contributed by atoms with E-state index in [2.05, 4.69) is 36.9 Å². The summed E-state index contributed by atoms with van der Waals surface area (Å²) >= 11 is 0. The van der Waals surface area contributed by atoms with Gasteiger partial charge in [-0.15, -0.1) is 0 Å². The summed E-state index contributed by atoms with van der Waals surface area (Å²) in [5.74, 6) is -8.35. The number of benzene rings is 1. The predicted molar refractivity (Wildman–Crippen MR) is 219 cm³/mol. The number of aromatic hydroxyl groups is 1. The first kappa shape index (κ1) is 52.0. The molecule has 0 aliphatic heterocycles. The van der Waals surface area contributed by atoms with Gasteiger partial charge in [0.15, 0.2) is 5.96 Å². The van der Waals surface area contributed by atoms with Crippen LogP contribution in [0.1, 0.15) is 79.2 Å². The summed E-state index contributed by atoms with van der Waals surface area (Å²) in [7, 11) is 0. The number of carbonyl (C=O) groups excluding carboxylic acids is 7. The van der Waals surface area contributed by atoms with Crippen molar-refractivity contribution in [2.75, 3.05) is 6.54 Å². The maximum absolute atomic E-state index is 13.7. The van der Waals surface area contributed by atoms with E-state index >= 15 is 0 Å². The number of hydrogen-bond acceptors (Lipinski definition) is 12. The summed E-state index contributed by atoms with van der Waals surface area (Å²) in [5, 5.41) is 44.6. The topological polar surface area (TPSA) is 386 Å². The van der Waals surface area contributed by atoms with Crippen LogP contribution in [0.15, 0.2) is 29.3 Å². The van der Waals surface area contributed by atoms with Crippen molar-refractivity contribution in [2.24, 2.45) is 39.8 Å². The second kappa shape index (κ2) is 25.5. The smallest absolute Gasteiger partial charge is 0.303 e. The summed E-state index contributed by atoms with van der Waals surface area (Å²) in [5.41, 5.74) is 22.5. The Morgan fingerprint density at radius 1 is 0.667 bits per heavy atom. The second-order valence-electron chi connectivity index (χ2n) is 15.3. The summed E-state index contributed by atoms with van der Waals surface area (Å²) in [6.07, 6.45) is -2.08. The molecule has 1 aromatic rings. The Labute approximate surface area is 348 Å². The van der Waals surface area contributed by atoms with Crippen LogP contribution in [-0.2, 0) is 44.8 Å². The zero-order valence-electron chi connectivity index (χ0n) is 34.9. The Kier molecular flexibility index (Phi) is 22.1. The highest BCUT2D eigenvalue weighted by Gasteiger charge is 2.36. The first-order valence-electron chi connectivity index (χ1n) is 19.5. The molecule has 0 saturated carbocycles. The van der Waals surface area contributed by atoms with Gasteiger partial charge < -0.3 is 70.2 Å². The van der Waals surface area contributed by atoms with Gasteiger partial charge >= 0.3 is 5.97 Å². The normalized spacial score (nSPS) is 15.1. The fourth-order valence-electron chi connectivity index (χ4n) is 5.60. The monoisotopic (exact) mass is 849 g/mol.